The minimum Gasteiger partial charge on any atom is -0.496 e. The van der Waals surface area contributed by atoms with E-state index in [2.05, 4.69) is 10.6 Å². The first-order valence-corrected chi connectivity index (χ1v) is 7.99. The number of hydrogen-bond donors (Lipinski definition) is 2. The smallest absolute Gasteiger partial charge is 0.254 e. The van der Waals surface area contributed by atoms with Gasteiger partial charge in [-0.15, -0.1) is 0 Å². The van der Waals surface area contributed by atoms with Crippen LogP contribution in [0.3, 0.4) is 0 Å². The zero-order valence-corrected chi connectivity index (χ0v) is 14.7. The molecule has 2 aromatic rings. The highest BCUT2D eigenvalue weighted by molar-refractivity contribution is 5.96. The van der Waals surface area contributed by atoms with Gasteiger partial charge in [-0.05, 0) is 32.0 Å². The van der Waals surface area contributed by atoms with Crippen molar-refractivity contribution in [1.29, 1.82) is 0 Å². The van der Waals surface area contributed by atoms with Crippen LogP contribution in [0.1, 0.15) is 34.5 Å². The molecule has 5 nitrogen and oxygen atoms in total. The van der Waals surface area contributed by atoms with E-state index in [1.54, 1.807) is 14.0 Å². The molecular formula is C19H20F2N2O3. The summed E-state index contributed by atoms with van der Waals surface area (Å²) in [6.07, 6.45) is 0. The van der Waals surface area contributed by atoms with Crippen LogP contribution in [0.2, 0.25) is 0 Å². The molecule has 0 saturated carbocycles. The summed E-state index contributed by atoms with van der Waals surface area (Å²) in [5, 5.41) is 5.05. The van der Waals surface area contributed by atoms with Crippen LogP contribution in [-0.2, 0) is 4.79 Å². The molecule has 2 amide bonds. The number of amides is 2. The van der Waals surface area contributed by atoms with Gasteiger partial charge in [0.2, 0.25) is 5.91 Å². The molecule has 0 aliphatic heterocycles. The van der Waals surface area contributed by atoms with Crippen LogP contribution in [0, 0.1) is 18.6 Å². The van der Waals surface area contributed by atoms with Crippen LogP contribution in [0.4, 0.5) is 8.78 Å². The highest BCUT2D eigenvalue weighted by Gasteiger charge is 2.16. The summed E-state index contributed by atoms with van der Waals surface area (Å²) in [7, 11) is 1.54. The third-order valence-electron chi connectivity index (χ3n) is 3.81. The summed E-state index contributed by atoms with van der Waals surface area (Å²) in [5.41, 5.74) is 1.49. The maximum atomic E-state index is 13.6. The van der Waals surface area contributed by atoms with E-state index in [9.17, 15) is 18.4 Å². The van der Waals surface area contributed by atoms with Gasteiger partial charge in [0.05, 0.1) is 25.3 Å². The first kappa shape index (κ1) is 19.4. The van der Waals surface area contributed by atoms with Crippen molar-refractivity contribution in [1.82, 2.24) is 10.6 Å². The van der Waals surface area contributed by atoms with E-state index >= 15 is 0 Å². The van der Waals surface area contributed by atoms with Crippen molar-refractivity contribution in [3.8, 4) is 5.75 Å². The van der Waals surface area contributed by atoms with Gasteiger partial charge in [-0.2, -0.15) is 0 Å². The Morgan fingerprint density at radius 1 is 1.15 bits per heavy atom. The van der Waals surface area contributed by atoms with E-state index in [4.69, 9.17) is 4.74 Å². The molecule has 1 unspecified atom stereocenters. The Morgan fingerprint density at radius 2 is 1.88 bits per heavy atom. The maximum Gasteiger partial charge on any atom is 0.254 e. The van der Waals surface area contributed by atoms with Gasteiger partial charge in [-0.3, -0.25) is 9.59 Å². The predicted molar refractivity (Wildman–Crippen MR) is 93.0 cm³/mol. The highest BCUT2D eigenvalue weighted by atomic mass is 19.1. The van der Waals surface area contributed by atoms with E-state index in [0.717, 1.165) is 23.3 Å². The fourth-order valence-corrected chi connectivity index (χ4v) is 2.49. The lowest BCUT2D eigenvalue weighted by atomic mass is 10.0. The molecule has 2 rings (SSSR count). The van der Waals surface area contributed by atoms with Crippen LogP contribution in [-0.4, -0.2) is 25.5 Å². The normalized spacial score (nSPS) is 11.6. The number of carbonyl (C=O) groups excluding carboxylic acids is 2. The van der Waals surface area contributed by atoms with Crippen molar-refractivity contribution in [2.45, 2.75) is 19.9 Å². The number of ether oxygens (including phenoxy) is 1. The number of halogens is 2. The summed E-state index contributed by atoms with van der Waals surface area (Å²) in [6, 6.07) is 7.87. The standard InChI is InChI=1S/C19H20F2N2O3/c1-11-4-7-17(26-3)15(8-11)12(2)23-18(24)10-22-19(25)14-6-5-13(20)9-16(14)21/h4-9,12H,10H2,1-3H3,(H,22,25)(H,23,24). The SMILES string of the molecule is COc1ccc(C)cc1C(C)NC(=O)CNC(=O)c1ccc(F)cc1F. The van der Waals surface area contributed by atoms with Crippen molar-refractivity contribution >= 4 is 11.8 Å². The Morgan fingerprint density at radius 3 is 2.54 bits per heavy atom. The van der Waals surface area contributed by atoms with E-state index in [1.165, 1.54) is 0 Å². The Balaban J connectivity index is 1.96. The van der Waals surface area contributed by atoms with Crippen LogP contribution in [0.5, 0.6) is 5.75 Å². The van der Waals surface area contributed by atoms with Gasteiger partial charge in [-0.1, -0.05) is 17.7 Å². The van der Waals surface area contributed by atoms with Crippen molar-refractivity contribution in [2.24, 2.45) is 0 Å². The van der Waals surface area contributed by atoms with Gasteiger partial charge in [0.1, 0.15) is 17.4 Å². The second kappa shape index (κ2) is 8.42. The topological polar surface area (TPSA) is 67.4 Å². The lowest BCUT2D eigenvalue weighted by molar-refractivity contribution is -0.120. The van der Waals surface area contributed by atoms with E-state index in [-0.39, 0.29) is 18.2 Å². The molecule has 0 fully saturated rings. The first-order valence-electron chi connectivity index (χ1n) is 7.99. The summed E-state index contributed by atoms with van der Waals surface area (Å²) in [6.45, 7) is 3.37. The molecule has 7 heteroatoms. The zero-order valence-electron chi connectivity index (χ0n) is 14.7. The number of hydrogen-bond acceptors (Lipinski definition) is 3. The molecule has 0 bridgehead atoms. The number of rotatable bonds is 6. The van der Waals surface area contributed by atoms with Gasteiger partial charge in [-0.25, -0.2) is 8.78 Å². The molecule has 2 N–H and O–H groups in total. The molecule has 0 radical (unpaired) electrons. The molecule has 0 aliphatic carbocycles. The second-order valence-corrected chi connectivity index (χ2v) is 5.84. The highest BCUT2D eigenvalue weighted by Crippen LogP contribution is 2.25. The largest absolute Gasteiger partial charge is 0.496 e. The Kier molecular flexibility index (Phi) is 6.27. The Bertz CT molecular complexity index is 824. The molecule has 26 heavy (non-hydrogen) atoms. The van der Waals surface area contributed by atoms with Gasteiger partial charge >= 0.3 is 0 Å². The summed E-state index contributed by atoms with van der Waals surface area (Å²) in [4.78, 5) is 24.0. The zero-order chi connectivity index (χ0) is 19.3. The molecule has 0 heterocycles. The summed E-state index contributed by atoms with van der Waals surface area (Å²) >= 11 is 0. The lowest BCUT2D eigenvalue weighted by Gasteiger charge is -2.18. The van der Waals surface area contributed by atoms with Crippen LogP contribution >= 0.6 is 0 Å². The monoisotopic (exact) mass is 362 g/mol. The second-order valence-electron chi connectivity index (χ2n) is 5.84. The quantitative estimate of drug-likeness (QED) is 0.830. The molecule has 0 aromatic heterocycles. The third kappa shape index (κ3) is 4.78. The molecule has 0 spiro atoms. The number of benzene rings is 2. The number of carbonyl (C=O) groups is 2. The minimum atomic E-state index is -0.985. The number of methoxy groups -OCH3 is 1. The van der Waals surface area contributed by atoms with Gasteiger partial charge in [0, 0.05) is 11.6 Å². The van der Waals surface area contributed by atoms with E-state index in [1.807, 2.05) is 25.1 Å². The van der Waals surface area contributed by atoms with Crippen LogP contribution < -0.4 is 15.4 Å². The minimum absolute atomic E-state index is 0.326. The summed E-state index contributed by atoms with van der Waals surface area (Å²) < 4.78 is 31.7. The molecule has 138 valence electrons. The summed E-state index contributed by atoms with van der Waals surface area (Å²) in [5.74, 6) is -2.37. The number of aryl methyl sites for hydroxylation is 1. The predicted octanol–water partition coefficient (Wildman–Crippen LogP) is 2.89. The Labute approximate surface area is 150 Å². The molecule has 0 saturated heterocycles. The van der Waals surface area contributed by atoms with Gasteiger partial charge in [0.15, 0.2) is 0 Å². The lowest BCUT2D eigenvalue weighted by Crippen LogP contribution is -2.38. The fraction of sp³-hybridized carbons (Fsp3) is 0.263. The van der Waals surface area contributed by atoms with Crippen molar-refractivity contribution in [3.63, 3.8) is 0 Å². The van der Waals surface area contributed by atoms with Crippen molar-refractivity contribution < 1.29 is 23.1 Å². The Hall–Kier alpha value is -2.96. The molecule has 2 aromatic carbocycles. The van der Waals surface area contributed by atoms with Crippen LogP contribution in [0.25, 0.3) is 0 Å². The molecular weight excluding hydrogens is 342 g/mol. The van der Waals surface area contributed by atoms with Gasteiger partial charge in [0.25, 0.3) is 5.91 Å². The van der Waals surface area contributed by atoms with E-state index < -0.39 is 23.4 Å². The van der Waals surface area contributed by atoms with Crippen molar-refractivity contribution in [3.05, 3.63) is 64.7 Å². The number of nitrogens with one attached hydrogen (secondary N) is 2. The van der Waals surface area contributed by atoms with Crippen LogP contribution in [0.15, 0.2) is 36.4 Å². The average molecular weight is 362 g/mol. The van der Waals surface area contributed by atoms with E-state index in [0.29, 0.717) is 11.8 Å². The fourth-order valence-electron chi connectivity index (χ4n) is 2.49. The average Bonchev–Trinajstić information content (AvgIpc) is 2.59. The van der Waals surface area contributed by atoms with Gasteiger partial charge < -0.3 is 15.4 Å². The molecule has 1 atom stereocenters. The third-order valence-corrected chi connectivity index (χ3v) is 3.81. The first-order chi connectivity index (χ1) is 12.3. The maximum absolute atomic E-state index is 13.6. The van der Waals surface area contributed by atoms with Crippen molar-refractivity contribution in [2.75, 3.05) is 13.7 Å². The molecule has 0 aliphatic rings.